The van der Waals surface area contributed by atoms with E-state index in [-0.39, 0.29) is 22.8 Å². The summed E-state index contributed by atoms with van der Waals surface area (Å²) in [5.41, 5.74) is 1.55. The third kappa shape index (κ3) is 6.27. The first kappa shape index (κ1) is 32.5. The number of halogens is 3. The molecule has 7 nitrogen and oxygen atoms in total. The molecule has 236 valence electrons. The van der Waals surface area contributed by atoms with E-state index in [4.69, 9.17) is 4.42 Å². The lowest BCUT2D eigenvalue weighted by Gasteiger charge is -2.24. The second kappa shape index (κ2) is 12.1. The number of nitriles is 1. The van der Waals surface area contributed by atoms with Gasteiger partial charge in [-0.1, -0.05) is 72.8 Å². The van der Waals surface area contributed by atoms with Crippen LogP contribution in [0.4, 0.5) is 13.2 Å². The molecular formula is C35H29F3N2O5S. The Hall–Kier alpha value is -4.92. The maximum Gasteiger partial charge on any atom is 0.449 e. The zero-order chi connectivity index (χ0) is 33.4. The number of hydrogen-bond donors (Lipinski definition) is 1. The van der Waals surface area contributed by atoms with Crippen molar-refractivity contribution in [3.63, 3.8) is 0 Å². The van der Waals surface area contributed by atoms with Gasteiger partial charge in [0.15, 0.2) is 0 Å². The first-order valence-electron chi connectivity index (χ1n) is 14.1. The largest absolute Gasteiger partial charge is 0.481 e. The van der Waals surface area contributed by atoms with Crippen LogP contribution in [0.2, 0.25) is 0 Å². The second-order valence-electron chi connectivity index (χ2n) is 11.5. The topological polar surface area (TPSA) is 112 Å². The summed E-state index contributed by atoms with van der Waals surface area (Å²) < 4.78 is 74.8. The Morgan fingerprint density at radius 1 is 0.913 bits per heavy atom. The van der Waals surface area contributed by atoms with Gasteiger partial charge in [0, 0.05) is 11.9 Å². The lowest BCUT2D eigenvalue weighted by Crippen LogP contribution is -2.31. The molecular weight excluding hydrogens is 617 g/mol. The summed E-state index contributed by atoms with van der Waals surface area (Å²) in [7, 11) is -4.37. The molecule has 0 spiro atoms. The second-order valence-corrected chi connectivity index (χ2v) is 13.3. The van der Waals surface area contributed by atoms with Crippen LogP contribution in [0.5, 0.6) is 0 Å². The molecule has 0 fully saturated rings. The number of rotatable bonds is 9. The fourth-order valence-electron chi connectivity index (χ4n) is 5.24. The quantitative estimate of drug-likeness (QED) is 0.173. The lowest BCUT2D eigenvalue weighted by atomic mass is 9.83. The summed E-state index contributed by atoms with van der Waals surface area (Å²) in [6, 6.07) is 26.0. The number of benzene rings is 4. The molecule has 5 aromatic rings. The highest BCUT2D eigenvalue weighted by Gasteiger charge is 2.36. The van der Waals surface area contributed by atoms with Gasteiger partial charge < -0.3 is 9.52 Å². The zero-order valence-electron chi connectivity index (χ0n) is 25.1. The molecule has 4 aromatic carbocycles. The normalized spacial score (nSPS) is 12.4. The van der Waals surface area contributed by atoms with E-state index in [2.05, 4.69) is 6.07 Å². The molecule has 0 aliphatic heterocycles. The van der Waals surface area contributed by atoms with E-state index in [1.54, 1.807) is 99.6 Å². The van der Waals surface area contributed by atoms with Gasteiger partial charge >= 0.3 is 12.1 Å². The maximum absolute atomic E-state index is 14.4. The Morgan fingerprint density at radius 2 is 1.63 bits per heavy atom. The molecule has 5 rings (SSSR count). The van der Waals surface area contributed by atoms with E-state index in [9.17, 15) is 36.8 Å². The third-order valence-electron chi connectivity index (χ3n) is 7.98. The first-order valence-corrected chi connectivity index (χ1v) is 15.6. The van der Waals surface area contributed by atoms with Crippen molar-refractivity contribution in [3.05, 3.63) is 125 Å². The third-order valence-corrected chi connectivity index (χ3v) is 9.97. The SMILES string of the molecule is Cc1ccc2ccccc2c1S(=O)(=O)N(Cc1ccc(C(F)(F)F)o1)Cc1ccc(-c2cccc(C(C)(C)C(=O)O)c2)cc1C#N. The number of hydrogen-bond acceptors (Lipinski definition) is 5. The van der Waals surface area contributed by atoms with Gasteiger partial charge in [-0.15, -0.1) is 0 Å². The standard InChI is InChI=1S/C35H29F3N2O5S/c1-22-11-12-23-7-4-5-10-30(23)32(22)46(43,44)40(21-29-15-16-31(45-29)35(36,37)38)20-26-14-13-25(17-27(26)19-39)24-8-6-9-28(18-24)34(2,3)33(41)42/h4-18H,20-21H2,1-3H3,(H,41,42). The molecule has 11 heteroatoms. The number of alkyl halides is 3. The highest BCUT2D eigenvalue weighted by molar-refractivity contribution is 7.89. The molecule has 1 heterocycles. The van der Waals surface area contributed by atoms with Crippen molar-refractivity contribution in [1.29, 1.82) is 5.26 Å². The van der Waals surface area contributed by atoms with Crippen LogP contribution >= 0.6 is 0 Å². The van der Waals surface area contributed by atoms with Gasteiger partial charge in [-0.05, 0) is 72.2 Å². The predicted octanol–water partition coefficient (Wildman–Crippen LogP) is 8.05. The monoisotopic (exact) mass is 646 g/mol. The minimum Gasteiger partial charge on any atom is -0.481 e. The molecule has 1 N–H and O–H groups in total. The Labute approximate surface area is 264 Å². The number of fused-ring (bicyclic) bond motifs is 1. The van der Waals surface area contributed by atoms with Crippen molar-refractivity contribution < 1.29 is 35.9 Å². The number of furan rings is 1. The van der Waals surface area contributed by atoms with Crippen LogP contribution in [0, 0.1) is 18.3 Å². The van der Waals surface area contributed by atoms with E-state index in [0.29, 0.717) is 38.6 Å². The highest BCUT2D eigenvalue weighted by Crippen LogP contribution is 2.35. The maximum atomic E-state index is 14.4. The number of carboxylic acid groups (broad SMARTS) is 1. The predicted molar refractivity (Wildman–Crippen MR) is 166 cm³/mol. The van der Waals surface area contributed by atoms with E-state index in [0.717, 1.165) is 16.4 Å². The van der Waals surface area contributed by atoms with Crippen molar-refractivity contribution in [2.24, 2.45) is 0 Å². The van der Waals surface area contributed by atoms with Crippen LogP contribution in [0.3, 0.4) is 0 Å². The number of carbonyl (C=O) groups is 1. The molecule has 0 radical (unpaired) electrons. The zero-order valence-corrected chi connectivity index (χ0v) is 25.9. The molecule has 1 aromatic heterocycles. The summed E-state index contributed by atoms with van der Waals surface area (Å²) in [5, 5.41) is 20.9. The van der Waals surface area contributed by atoms with Gasteiger partial charge in [0.1, 0.15) is 5.76 Å². The molecule has 0 atom stereocenters. The number of carboxylic acids is 1. The van der Waals surface area contributed by atoms with E-state index < -0.39 is 39.9 Å². The fraction of sp³-hybridized carbons (Fsp3) is 0.200. The van der Waals surface area contributed by atoms with Crippen LogP contribution in [0.25, 0.3) is 21.9 Å². The highest BCUT2D eigenvalue weighted by atomic mass is 32.2. The van der Waals surface area contributed by atoms with Gasteiger partial charge in [-0.3, -0.25) is 4.79 Å². The summed E-state index contributed by atoms with van der Waals surface area (Å²) in [4.78, 5) is 11.8. The smallest absolute Gasteiger partial charge is 0.449 e. The minimum absolute atomic E-state index is 0.00110. The summed E-state index contributed by atoms with van der Waals surface area (Å²) >= 11 is 0. The summed E-state index contributed by atoms with van der Waals surface area (Å²) in [6.07, 6.45) is -4.75. The molecule has 0 unspecified atom stereocenters. The Kier molecular flexibility index (Phi) is 8.55. The van der Waals surface area contributed by atoms with Gasteiger partial charge in [0.25, 0.3) is 0 Å². The fourth-order valence-corrected chi connectivity index (χ4v) is 7.04. The summed E-state index contributed by atoms with van der Waals surface area (Å²) in [6.45, 7) is 3.94. The van der Waals surface area contributed by atoms with Gasteiger partial charge in [0.05, 0.1) is 28.5 Å². The van der Waals surface area contributed by atoms with Crippen LogP contribution in [0.1, 0.15) is 47.6 Å². The molecule has 0 aliphatic carbocycles. The van der Waals surface area contributed by atoms with E-state index >= 15 is 0 Å². The van der Waals surface area contributed by atoms with Crippen molar-refractivity contribution in [2.45, 2.75) is 50.3 Å². The van der Waals surface area contributed by atoms with Crippen LogP contribution in [0.15, 0.2) is 100 Å². The average Bonchev–Trinajstić information content (AvgIpc) is 3.50. The van der Waals surface area contributed by atoms with Crippen molar-refractivity contribution >= 4 is 26.8 Å². The average molecular weight is 647 g/mol. The molecule has 0 saturated carbocycles. The van der Waals surface area contributed by atoms with Crippen molar-refractivity contribution in [1.82, 2.24) is 4.31 Å². The molecule has 0 bridgehead atoms. The molecule has 0 amide bonds. The molecule has 46 heavy (non-hydrogen) atoms. The van der Waals surface area contributed by atoms with Crippen molar-refractivity contribution in [3.8, 4) is 17.2 Å². The van der Waals surface area contributed by atoms with Crippen LogP contribution in [-0.2, 0) is 39.5 Å². The minimum atomic E-state index is -4.75. The van der Waals surface area contributed by atoms with E-state index in [1.807, 2.05) is 0 Å². The van der Waals surface area contributed by atoms with Gasteiger partial charge in [0.2, 0.25) is 15.8 Å². The van der Waals surface area contributed by atoms with Crippen LogP contribution < -0.4 is 0 Å². The van der Waals surface area contributed by atoms with Crippen LogP contribution in [-0.4, -0.2) is 23.8 Å². The lowest BCUT2D eigenvalue weighted by molar-refractivity contribution is -0.153. The Bertz CT molecular complexity index is 2110. The van der Waals surface area contributed by atoms with Gasteiger partial charge in [-0.2, -0.15) is 22.7 Å². The van der Waals surface area contributed by atoms with E-state index in [1.165, 1.54) is 0 Å². The van der Waals surface area contributed by atoms with Crippen molar-refractivity contribution in [2.75, 3.05) is 0 Å². The Morgan fingerprint density at radius 3 is 2.30 bits per heavy atom. The first-order chi connectivity index (χ1) is 21.6. The number of nitrogens with zero attached hydrogens (tertiary/aromatic N) is 2. The number of sulfonamides is 1. The summed E-state index contributed by atoms with van der Waals surface area (Å²) in [5.74, 6) is -2.47. The molecule has 0 saturated heterocycles. The molecule has 0 aliphatic rings. The van der Waals surface area contributed by atoms with Gasteiger partial charge in [-0.25, -0.2) is 8.42 Å². The number of aliphatic carboxylic acids is 1. The number of aryl methyl sites for hydroxylation is 1. The Balaban J connectivity index is 1.59.